The maximum atomic E-state index is 12.2. The van der Waals surface area contributed by atoms with E-state index in [1.807, 2.05) is 4.90 Å². The third-order valence-corrected chi connectivity index (χ3v) is 4.01. The van der Waals surface area contributed by atoms with E-state index in [4.69, 9.17) is 10.5 Å². The Hall–Kier alpha value is -0.610. The lowest BCUT2D eigenvalue weighted by Crippen LogP contribution is -2.51. The molecule has 17 heavy (non-hydrogen) atoms. The minimum absolute atomic E-state index is 0.202. The number of carbonyl (C=O) groups is 1. The molecule has 2 fully saturated rings. The minimum Gasteiger partial charge on any atom is -0.376 e. The van der Waals surface area contributed by atoms with Gasteiger partial charge in [-0.1, -0.05) is 6.92 Å². The molecule has 0 aromatic heterocycles. The average Bonchev–Trinajstić information content (AvgIpc) is 2.52. The number of hydrogen-bond donors (Lipinski definition) is 1. The first kappa shape index (κ1) is 12.8. The molecule has 1 atom stereocenters. The van der Waals surface area contributed by atoms with Gasteiger partial charge in [0.15, 0.2) is 0 Å². The van der Waals surface area contributed by atoms with E-state index in [1.165, 1.54) is 6.42 Å². The first-order valence-corrected chi connectivity index (χ1v) is 6.81. The molecule has 0 radical (unpaired) electrons. The summed E-state index contributed by atoms with van der Waals surface area (Å²) in [6.07, 6.45) is 5.81. The molecule has 1 aliphatic heterocycles. The van der Waals surface area contributed by atoms with Crippen molar-refractivity contribution in [1.82, 2.24) is 4.90 Å². The third kappa shape index (κ3) is 3.19. The maximum absolute atomic E-state index is 12.2. The Labute approximate surface area is 103 Å². The molecule has 1 heterocycles. The number of hydrogen-bond acceptors (Lipinski definition) is 3. The van der Waals surface area contributed by atoms with Gasteiger partial charge in [-0.05, 0) is 32.1 Å². The molecular weight excluding hydrogens is 216 g/mol. The van der Waals surface area contributed by atoms with Crippen LogP contribution in [-0.4, -0.2) is 42.1 Å². The Morgan fingerprint density at radius 2 is 2.24 bits per heavy atom. The summed E-state index contributed by atoms with van der Waals surface area (Å²) < 4.78 is 5.68. The number of ether oxygens (including phenoxy) is 1. The fraction of sp³-hybridized carbons (Fsp3) is 0.923. The second-order valence-electron chi connectivity index (χ2n) is 5.49. The third-order valence-electron chi connectivity index (χ3n) is 4.01. The Morgan fingerprint density at radius 3 is 2.82 bits per heavy atom. The van der Waals surface area contributed by atoms with Crippen molar-refractivity contribution in [3.63, 3.8) is 0 Å². The largest absolute Gasteiger partial charge is 0.376 e. The van der Waals surface area contributed by atoms with Crippen LogP contribution in [-0.2, 0) is 9.53 Å². The normalized spacial score (nSPS) is 28.4. The molecule has 4 heteroatoms. The quantitative estimate of drug-likeness (QED) is 0.808. The molecule has 0 spiro atoms. The van der Waals surface area contributed by atoms with Crippen LogP contribution in [0.3, 0.4) is 0 Å². The summed E-state index contributed by atoms with van der Waals surface area (Å²) >= 11 is 0. The summed E-state index contributed by atoms with van der Waals surface area (Å²) in [4.78, 5) is 14.2. The number of nitrogens with two attached hydrogens (primary N) is 1. The minimum atomic E-state index is -0.202. The molecule has 1 aliphatic carbocycles. The van der Waals surface area contributed by atoms with Crippen LogP contribution < -0.4 is 5.73 Å². The van der Waals surface area contributed by atoms with Crippen LogP contribution in [0.5, 0.6) is 0 Å². The predicted octanol–water partition coefficient (Wildman–Crippen LogP) is 1.29. The van der Waals surface area contributed by atoms with Crippen LogP contribution >= 0.6 is 0 Å². The van der Waals surface area contributed by atoms with Gasteiger partial charge in [0.05, 0.1) is 6.10 Å². The highest BCUT2D eigenvalue weighted by molar-refractivity contribution is 5.77. The van der Waals surface area contributed by atoms with Gasteiger partial charge in [-0.15, -0.1) is 0 Å². The molecule has 1 amide bonds. The summed E-state index contributed by atoms with van der Waals surface area (Å²) in [5.41, 5.74) is 5.94. The highest BCUT2D eigenvalue weighted by atomic mass is 16.5. The molecule has 4 nitrogen and oxygen atoms in total. The summed E-state index contributed by atoms with van der Waals surface area (Å²) in [7, 11) is 0. The van der Waals surface area contributed by atoms with Crippen LogP contribution in [0.2, 0.25) is 0 Å². The lowest BCUT2D eigenvalue weighted by Gasteiger charge is -2.39. The predicted molar refractivity (Wildman–Crippen MR) is 66.6 cm³/mol. The van der Waals surface area contributed by atoms with Crippen molar-refractivity contribution in [2.75, 3.05) is 19.7 Å². The fourth-order valence-corrected chi connectivity index (χ4v) is 2.59. The van der Waals surface area contributed by atoms with Crippen molar-refractivity contribution >= 4 is 5.91 Å². The molecule has 2 aliphatic rings. The van der Waals surface area contributed by atoms with E-state index in [2.05, 4.69) is 6.92 Å². The summed E-state index contributed by atoms with van der Waals surface area (Å²) in [6.45, 7) is 4.45. The van der Waals surface area contributed by atoms with Gasteiger partial charge < -0.3 is 15.4 Å². The zero-order valence-corrected chi connectivity index (χ0v) is 10.8. The van der Waals surface area contributed by atoms with Gasteiger partial charge >= 0.3 is 0 Å². The molecule has 1 saturated carbocycles. The first-order chi connectivity index (χ1) is 8.13. The van der Waals surface area contributed by atoms with E-state index >= 15 is 0 Å². The second kappa shape index (κ2) is 5.36. The van der Waals surface area contributed by atoms with E-state index in [9.17, 15) is 4.79 Å². The summed E-state index contributed by atoms with van der Waals surface area (Å²) in [5.74, 6) is 0.219. The first-order valence-electron chi connectivity index (χ1n) is 6.81. The molecule has 0 bridgehead atoms. The summed E-state index contributed by atoms with van der Waals surface area (Å²) in [5, 5.41) is 0. The van der Waals surface area contributed by atoms with Crippen molar-refractivity contribution in [2.45, 2.75) is 57.1 Å². The van der Waals surface area contributed by atoms with E-state index in [0.717, 1.165) is 45.4 Å². The van der Waals surface area contributed by atoms with E-state index in [0.29, 0.717) is 6.42 Å². The van der Waals surface area contributed by atoms with Crippen molar-refractivity contribution in [3.05, 3.63) is 0 Å². The topological polar surface area (TPSA) is 55.6 Å². The van der Waals surface area contributed by atoms with Gasteiger partial charge in [0.1, 0.15) is 0 Å². The zero-order chi connectivity index (χ0) is 12.3. The van der Waals surface area contributed by atoms with Crippen LogP contribution in [0.4, 0.5) is 0 Å². The van der Waals surface area contributed by atoms with Crippen LogP contribution in [0.15, 0.2) is 0 Å². The van der Waals surface area contributed by atoms with Gasteiger partial charge in [-0.3, -0.25) is 4.79 Å². The van der Waals surface area contributed by atoms with E-state index in [-0.39, 0.29) is 17.6 Å². The molecule has 2 rings (SSSR count). The monoisotopic (exact) mass is 240 g/mol. The lowest BCUT2D eigenvalue weighted by atomic mass is 9.75. The Balaban J connectivity index is 1.88. The van der Waals surface area contributed by atoms with Crippen LogP contribution in [0.1, 0.15) is 45.4 Å². The molecule has 98 valence electrons. The van der Waals surface area contributed by atoms with Crippen LogP contribution in [0, 0.1) is 0 Å². The maximum Gasteiger partial charge on any atom is 0.224 e. The SMILES string of the molecule is CCC1CN(C(=O)CC2(N)CCC2)CCCO1. The lowest BCUT2D eigenvalue weighted by molar-refractivity contribution is -0.134. The van der Waals surface area contributed by atoms with Gasteiger partial charge in [0.25, 0.3) is 0 Å². The molecule has 2 N–H and O–H groups in total. The van der Waals surface area contributed by atoms with Gasteiger partial charge in [-0.2, -0.15) is 0 Å². The number of amides is 1. The van der Waals surface area contributed by atoms with Gasteiger partial charge in [-0.25, -0.2) is 0 Å². The Kier molecular flexibility index (Phi) is 4.05. The number of nitrogens with zero attached hydrogens (tertiary/aromatic N) is 1. The van der Waals surface area contributed by atoms with E-state index in [1.54, 1.807) is 0 Å². The van der Waals surface area contributed by atoms with Crippen molar-refractivity contribution in [1.29, 1.82) is 0 Å². The highest BCUT2D eigenvalue weighted by Gasteiger charge is 2.36. The smallest absolute Gasteiger partial charge is 0.224 e. The highest BCUT2D eigenvalue weighted by Crippen LogP contribution is 2.32. The van der Waals surface area contributed by atoms with Crippen molar-refractivity contribution < 1.29 is 9.53 Å². The Morgan fingerprint density at radius 1 is 1.47 bits per heavy atom. The molecule has 1 saturated heterocycles. The summed E-state index contributed by atoms with van der Waals surface area (Å²) in [6, 6.07) is 0. The Bertz CT molecular complexity index is 277. The van der Waals surface area contributed by atoms with Gasteiger partial charge in [0, 0.05) is 31.7 Å². The fourth-order valence-electron chi connectivity index (χ4n) is 2.59. The number of carbonyl (C=O) groups excluding carboxylic acids is 1. The second-order valence-corrected chi connectivity index (χ2v) is 5.49. The molecular formula is C13H24N2O2. The molecule has 0 aromatic rings. The van der Waals surface area contributed by atoms with Crippen molar-refractivity contribution in [2.24, 2.45) is 5.73 Å². The number of rotatable bonds is 3. The average molecular weight is 240 g/mol. The van der Waals surface area contributed by atoms with Gasteiger partial charge in [0.2, 0.25) is 5.91 Å². The zero-order valence-electron chi connectivity index (χ0n) is 10.8. The molecule has 1 unspecified atom stereocenters. The van der Waals surface area contributed by atoms with Crippen LogP contribution in [0.25, 0.3) is 0 Å². The van der Waals surface area contributed by atoms with Crippen molar-refractivity contribution in [3.8, 4) is 0 Å². The van der Waals surface area contributed by atoms with E-state index < -0.39 is 0 Å². The molecule has 0 aromatic carbocycles. The standard InChI is InChI=1S/C13H24N2O2/c1-2-11-10-15(7-4-8-17-11)12(16)9-13(14)5-3-6-13/h11H,2-10,14H2,1H3.